The van der Waals surface area contributed by atoms with Crippen molar-refractivity contribution < 1.29 is 9.53 Å². The van der Waals surface area contributed by atoms with Crippen LogP contribution in [0, 0.1) is 6.92 Å². The van der Waals surface area contributed by atoms with Crippen LogP contribution < -0.4 is 10.1 Å². The van der Waals surface area contributed by atoms with Gasteiger partial charge in [0.15, 0.2) is 5.13 Å². The van der Waals surface area contributed by atoms with Crippen molar-refractivity contribution in [1.29, 1.82) is 0 Å². The fraction of sp³-hybridized carbons (Fsp3) is 0.222. The number of aromatic nitrogens is 2. The summed E-state index contributed by atoms with van der Waals surface area (Å²) in [4.78, 5) is 26.0. The standard InChI is InChI=1S/C27H26N4O2S/c1-18-14-21(20-10-6-7-11-24(20)33-2)22(15-28-18)26(32)30-27-29-23-12-13-31(17-25(23)34-27)16-19-8-4-3-5-9-19/h3-11,14-15H,12-13,16-17H2,1-2H3,(H,29,30,32). The summed E-state index contributed by atoms with van der Waals surface area (Å²) in [5, 5.41) is 3.64. The molecule has 5 rings (SSSR count). The summed E-state index contributed by atoms with van der Waals surface area (Å²) in [7, 11) is 1.63. The molecule has 172 valence electrons. The summed E-state index contributed by atoms with van der Waals surface area (Å²) >= 11 is 1.56. The van der Waals surface area contributed by atoms with Crippen molar-refractivity contribution in [2.75, 3.05) is 19.0 Å². The number of para-hydroxylation sites is 1. The highest BCUT2D eigenvalue weighted by Gasteiger charge is 2.23. The molecule has 0 radical (unpaired) electrons. The molecule has 6 nitrogen and oxygen atoms in total. The third-order valence-corrected chi connectivity index (χ3v) is 6.96. The monoisotopic (exact) mass is 470 g/mol. The highest BCUT2D eigenvalue weighted by molar-refractivity contribution is 7.15. The minimum absolute atomic E-state index is 0.222. The second-order valence-corrected chi connectivity index (χ2v) is 9.44. The lowest BCUT2D eigenvalue weighted by Crippen LogP contribution is -2.29. The van der Waals surface area contributed by atoms with Gasteiger partial charge in [0.1, 0.15) is 5.75 Å². The lowest BCUT2D eigenvalue weighted by Gasteiger charge is -2.25. The smallest absolute Gasteiger partial charge is 0.259 e. The van der Waals surface area contributed by atoms with Gasteiger partial charge in [-0.15, -0.1) is 11.3 Å². The maximum atomic E-state index is 13.3. The van der Waals surface area contributed by atoms with Gasteiger partial charge in [-0.3, -0.25) is 20.0 Å². The predicted octanol–water partition coefficient (Wildman–Crippen LogP) is 5.33. The molecule has 0 aliphatic carbocycles. The molecule has 0 bridgehead atoms. The number of benzene rings is 2. The number of nitrogens with zero attached hydrogens (tertiary/aromatic N) is 3. The van der Waals surface area contributed by atoms with E-state index in [9.17, 15) is 4.79 Å². The van der Waals surface area contributed by atoms with Crippen LogP contribution in [0.3, 0.4) is 0 Å². The number of hydrogen-bond acceptors (Lipinski definition) is 6. The topological polar surface area (TPSA) is 67.3 Å². The Morgan fingerprint density at radius 1 is 1.12 bits per heavy atom. The second kappa shape index (κ2) is 9.75. The van der Waals surface area contributed by atoms with Crippen LogP contribution in [0.2, 0.25) is 0 Å². The highest BCUT2D eigenvalue weighted by Crippen LogP contribution is 2.34. The van der Waals surface area contributed by atoms with E-state index in [1.54, 1.807) is 24.6 Å². The van der Waals surface area contributed by atoms with E-state index in [2.05, 4.69) is 39.5 Å². The average molecular weight is 471 g/mol. The molecule has 1 aliphatic heterocycles. The van der Waals surface area contributed by atoms with Crippen molar-refractivity contribution in [1.82, 2.24) is 14.9 Å². The highest BCUT2D eigenvalue weighted by atomic mass is 32.1. The molecule has 2 aromatic heterocycles. The molecule has 1 amide bonds. The van der Waals surface area contributed by atoms with E-state index in [-0.39, 0.29) is 5.91 Å². The van der Waals surface area contributed by atoms with E-state index in [0.717, 1.165) is 48.6 Å². The summed E-state index contributed by atoms with van der Waals surface area (Å²) < 4.78 is 5.53. The molecule has 4 aromatic rings. The van der Waals surface area contributed by atoms with E-state index >= 15 is 0 Å². The van der Waals surface area contributed by atoms with Gasteiger partial charge in [-0.1, -0.05) is 48.5 Å². The van der Waals surface area contributed by atoms with Crippen molar-refractivity contribution in [2.45, 2.75) is 26.4 Å². The van der Waals surface area contributed by atoms with Crippen LogP contribution in [0.4, 0.5) is 5.13 Å². The fourth-order valence-corrected chi connectivity index (χ4v) is 5.32. The molecule has 1 N–H and O–H groups in total. The number of carbonyl (C=O) groups excluding carboxylic acids is 1. The van der Waals surface area contributed by atoms with E-state index in [0.29, 0.717) is 16.4 Å². The summed E-state index contributed by atoms with van der Waals surface area (Å²) in [6, 6.07) is 20.1. The van der Waals surface area contributed by atoms with E-state index in [4.69, 9.17) is 9.72 Å². The molecule has 0 fully saturated rings. The maximum absolute atomic E-state index is 13.3. The number of ether oxygens (including phenoxy) is 1. The number of fused-ring (bicyclic) bond motifs is 1. The molecule has 2 aromatic carbocycles. The lowest BCUT2D eigenvalue weighted by molar-refractivity contribution is 0.102. The Balaban J connectivity index is 1.35. The van der Waals surface area contributed by atoms with Gasteiger partial charge in [0.25, 0.3) is 5.91 Å². The summed E-state index contributed by atoms with van der Waals surface area (Å²) in [5.74, 6) is 0.492. The normalized spacial score (nSPS) is 13.4. The van der Waals surface area contributed by atoms with Gasteiger partial charge in [0, 0.05) is 53.9 Å². The van der Waals surface area contributed by atoms with Crippen molar-refractivity contribution in [3.8, 4) is 16.9 Å². The molecule has 7 heteroatoms. The van der Waals surface area contributed by atoms with Crippen molar-refractivity contribution >= 4 is 22.4 Å². The number of nitrogens with one attached hydrogen (secondary N) is 1. The van der Waals surface area contributed by atoms with Crippen LogP contribution in [0.5, 0.6) is 5.75 Å². The molecule has 0 saturated carbocycles. The van der Waals surface area contributed by atoms with E-state index in [1.807, 2.05) is 43.3 Å². The minimum Gasteiger partial charge on any atom is -0.496 e. The number of rotatable bonds is 6. The van der Waals surface area contributed by atoms with Crippen molar-refractivity contribution in [3.63, 3.8) is 0 Å². The SMILES string of the molecule is COc1ccccc1-c1cc(C)ncc1C(=O)Nc1nc2c(s1)CN(Cc1ccccc1)CC2. The number of pyridine rings is 1. The predicted molar refractivity (Wildman–Crippen MR) is 135 cm³/mol. The fourth-order valence-electron chi connectivity index (χ4n) is 4.27. The number of amides is 1. The number of carbonyl (C=O) groups is 1. The van der Waals surface area contributed by atoms with Gasteiger partial charge in [-0.05, 0) is 24.6 Å². The van der Waals surface area contributed by atoms with Gasteiger partial charge < -0.3 is 4.74 Å². The third-order valence-electron chi connectivity index (χ3n) is 5.96. The molecule has 1 aliphatic rings. The van der Waals surface area contributed by atoms with Crippen LogP contribution in [0.1, 0.15) is 32.2 Å². The zero-order chi connectivity index (χ0) is 23.5. The largest absolute Gasteiger partial charge is 0.496 e. The van der Waals surface area contributed by atoms with Gasteiger partial charge in [-0.2, -0.15) is 0 Å². The van der Waals surface area contributed by atoms with Gasteiger partial charge in [-0.25, -0.2) is 4.98 Å². The Bertz CT molecular complexity index is 1320. The Morgan fingerprint density at radius 3 is 2.74 bits per heavy atom. The molecule has 0 unspecified atom stereocenters. The molecular weight excluding hydrogens is 444 g/mol. The number of anilines is 1. The second-order valence-electron chi connectivity index (χ2n) is 8.36. The molecule has 0 spiro atoms. The Morgan fingerprint density at radius 2 is 1.91 bits per heavy atom. The van der Waals surface area contributed by atoms with Gasteiger partial charge in [0.05, 0.1) is 18.4 Å². The number of aryl methyl sites for hydroxylation is 1. The zero-order valence-electron chi connectivity index (χ0n) is 19.2. The molecule has 3 heterocycles. The first-order chi connectivity index (χ1) is 16.6. The van der Waals surface area contributed by atoms with E-state index < -0.39 is 0 Å². The molecule has 34 heavy (non-hydrogen) atoms. The first kappa shape index (κ1) is 22.3. The van der Waals surface area contributed by atoms with E-state index in [1.165, 1.54) is 10.4 Å². The Hall–Kier alpha value is -3.55. The third kappa shape index (κ3) is 4.71. The molecular formula is C27H26N4O2S. The number of methoxy groups -OCH3 is 1. The van der Waals surface area contributed by atoms with Crippen LogP contribution in [-0.4, -0.2) is 34.4 Å². The van der Waals surface area contributed by atoms with Crippen LogP contribution in [0.25, 0.3) is 11.1 Å². The van der Waals surface area contributed by atoms with Crippen LogP contribution in [-0.2, 0) is 19.5 Å². The van der Waals surface area contributed by atoms with Gasteiger partial charge in [0.2, 0.25) is 0 Å². The maximum Gasteiger partial charge on any atom is 0.259 e. The Kier molecular flexibility index (Phi) is 6.38. The van der Waals surface area contributed by atoms with Gasteiger partial charge >= 0.3 is 0 Å². The lowest BCUT2D eigenvalue weighted by atomic mass is 9.99. The first-order valence-corrected chi connectivity index (χ1v) is 12.1. The van der Waals surface area contributed by atoms with Crippen molar-refractivity contribution in [2.24, 2.45) is 0 Å². The first-order valence-electron chi connectivity index (χ1n) is 11.3. The quantitative estimate of drug-likeness (QED) is 0.412. The summed E-state index contributed by atoms with van der Waals surface area (Å²) in [5.41, 5.74) is 5.36. The molecule has 0 atom stereocenters. The molecule has 0 saturated heterocycles. The average Bonchev–Trinajstić information content (AvgIpc) is 3.26. The van der Waals surface area contributed by atoms with Crippen LogP contribution >= 0.6 is 11.3 Å². The summed E-state index contributed by atoms with van der Waals surface area (Å²) in [6.45, 7) is 4.63. The summed E-state index contributed by atoms with van der Waals surface area (Å²) in [6.07, 6.45) is 2.51. The Labute approximate surface area is 203 Å². The zero-order valence-corrected chi connectivity index (χ0v) is 20.1. The number of thiazole rings is 1. The van der Waals surface area contributed by atoms with Crippen LogP contribution in [0.15, 0.2) is 66.9 Å². The number of hydrogen-bond donors (Lipinski definition) is 1. The minimum atomic E-state index is -0.222. The van der Waals surface area contributed by atoms with Crippen molar-refractivity contribution in [3.05, 3.63) is 94.3 Å².